The Morgan fingerprint density at radius 1 is 1.29 bits per heavy atom. The maximum Gasteiger partial charge on any atom is 0.401 e. The minimum atomic E-state index is -4.25. The van der Waals surface area contributed by atoms with Crippen molar-refractivity contribution in [1.29, 1.82) is 0 Å². The van der Waals surface area contributed by atoms with Crippen molar-refractivity contribution in [1.82, 2.24) is 15.5 Å². The third-order valence-corrected chi connectivity index (χ3v) is 3.56. The first kappa shape index (κ1) is 16.2. The summed E-state index contributed by atoms with van der Waals surface area (Å²) < 4.78 is 47.1. The molecule has 120 valence electrons. The molecule has 5 nitrogen and oxygen atoms in total. The van der Waals surface area contributed by atoms with E-state index in [2.05, 4.69) is 15.5 Å². The van der Waals surface area contributed by atoms with Crippen molar-refractivity contribution < 1.29 is 22.4 Å². The van der Waals surface area contributed by atoms with Gasteiger partial charge < -0.3 is 14.6 Å². The van der Waals surface area contributed by atoms with Gasteiger partial charge in [-0.3, -0.25) is 0 Å². The predicted octanol–water partition coefficient (Wildman–Crippen LogP) is 2.92. The smallest absolute Gasteiger partial charge is 0.367 e. The number of hydrogen-bond donors (Lipinski definition) is 1. The maximum atomic E-state index is 12.1. The molecule has 1 aliphatic rings. The molecule has 0 amide bonds. The average molecular weight is 307 g/mol. The largest absolute Gasteiger partial charge is 0.401 e. The monoisotopic (exact) mass is 307 g/mol. The number of nitrogens with zero attached hydrogens (tertiary/aromatic N) is 2. The van der Waals surface area contributed by atoms with E-state index in [4.69, 9.17) is 9.26 Å². The van der Waals surface area contributed by atoms with E-state index < -0.39 is 18.3 Å². The Kier molecular flexibility index (Phi) is 5.21. The van der Waals surface area contributed by atoms with Crippen LogP contribution in [0.3, 0.4) is 0 Å². The first-order valence-corrected chi connectivity index (χ1v) is 7.20. The fraction of sp³-hybridized carbons (Fsp3) is 0.846. The molecular formula is C13H20F3N3O2. The molecule has 0 aliphatic heterocycles. The number of rotatable bonds is 6. The van der Waals surface area contributed by atoms with Crippen LogP contribution in [0.15, 0.2) is 4.52 Å². The van der Waals surface area contributed by atoms with E-state index in [0.717, 1.165) is 32.1 Å². The van der Waals surface area contributed by atoms with Crippen molar-refractivity contribution in [2.24, 2.45) is 0 Å². The summed E-state index contributed by atoms with van der Waals surface area (Å²) in [4.78, 5) is 4.21. The maximum absolute atomic E-state index is 12.1. The molecule has 0 aromatic carbocycles. The van der Waals surface area contributed by atoms with Crippen molar-refractivity contribution in [3.05, 3.63) is 11.7 Å². The Bertz CT molecular complexity index is 437. The summed E-state index contributed by atoms with van der Waals surface area (Å²) in [5.41, 5.74) is -0.543. The number of ether oxygens (including phenoxy) is 1. The molecule has 1 aromatic heterocycles. The highest BCUT2D eigenvalue weighted by Crippen LogP contribution is 2.39. The zero-order valence-electron chi connectivity index (χ0n) is 12.0. The number of nitrogens with one attached hydrogen (secondary N) is 1. The first-order chi connectivity index (χ1) is 9.95. The Morgan fingerprint density at radius 3 is 2.62 bits per heavy atom. The van der Waals surface area contributed by atoms with E-state index in [1.165, 1.54) is 0 Å². The molecule has 0 unspecified atom stereocenters. The van der Waals surface area contributed by atoms with Crippen LogP contribution in [0.5, 0.6) is 0 Å². The van der Waals surface area contributed by atoms with E-state index in [1.807, 2.05) is 6.92 Å². The molecule has 1 aromatic rings. The summed E-state index contributed by atoms with van der Waals surface area (Å²) in [6.07, 6.45) is 0.573. The lowest BCUT2D eigenvalue weighted by Gasteiger charge is -2.33. The van der Waals surface area contributed by atoms with Crippen LogP contribution >= 0.6 is 0 Å². The molecule has 1 fully saturated rings. The molecule has 1 N–H and O–H groups in total. The summed E-state index contributed by atoms with van der Waals surface area (Å²) in [6.45, 7) is 1.26. The van der Waals surface area contributed by atoms with E-state index >= 15 is 0 Å². The zero-order valence-corrected chi connectivity index (χ0v) is 12.0. The summed E-state index contributed by atoms with van der Waals surface area (Å²) in [6, 6.07) is 0. The lowest BCUT2D eigenvalue weighted by molar-refractivity contribution is -0.125. The van der Waals surface area contributed by atoms with Crippen molar-refractivity contribution in [2.45, 2.75) is 57.3 Å². The summed E-state index contributed by atoms with van der Waals surface area (Å²) in [5.74, 6) is 0.603. The lowest BCUT2D eigenvalue weighted by Crippen LogP contribution is -2.33. The van der Waals surface area contributed by atoms with Crippen LogP contribution in [0.4, 0.5) is 13.2 Å². The molecule has 21 heavy (non-hydrogen) atoms. The number of aromatic nitrogens is 2. The van der Waals surface area contributed by atoms with Gasteiger partial charge in [-0.15, -0.1) is 0 Å². The second-order valence-corrected chi connectivity index (χ2v) is 5.22. The van der Waals surface area contributed by atoms with E-state index in [-0.39, 0.29) is 12.4 Å². The number of hydrogen-bond acceptors (Lipinski definition) is 5. The molecule has 0 saturated heterocycles. The molecule has 0 radical (unpaired) electrons. The summed E-state index contributed by atoms with van der Waals surface area (Å²) >= 11 is 0. The topological polar surface area (TPSA) is 60.2 Å². The lowest BCUT2D eigenvalue weighted by atomic mass is 9.84. The minimum Gasteiger partial charge on any atom is -0.367 e. The third-order valence-electron chi connectivity index (χ3n) is 3.56. The van der Waals surface area contributed by atoms with Crippen molar-refractivity contribution in [3.63, 3.8) is 0 Å². The molecule has 0 bridgehead atoms. The van der Waals surface area contributed by atoms with Gasteiger partial charge in [0.15, 0.2) is 0 Å². The van der Waals surface area contributed by atoms with E-state index in [9.17, 15) is 13.2 Å². The standard InChI is InChI=1S/C13H20F3N3O2/c1-2-20-12(6-4-3-5-7-12)11-18-10(21-19-11)8-17-9-13(14,15)16/h17H,2-9H2,1H3. The summed E-state index contributed by atoms with van der Waals surface area (Å²) in [5, 5.41) is 6.15. The molecule has 1 heterocycles. The normalized spacial score (nSPS) is 18.9. The number of halogens is 3. The van der Waals surface area contributed by atoms with Gasteiger partial charge in [-0.25, -0.2) is 0 Å². The quantitative estimate of drug-likeness (QED) is 0.875. The highest BCUT2D eigenvalue weighted by molar-refractivity contribution is 5.03. The predicted molar refractivity (Wildman–Crippen MR) is 68.4 cm³/mol. The highest BCUT2D eigenvalue weighted by Gasteiger charge is 2.39. The first-order valence-electron chi connectivity index (χ1n) is 7.20. The van der Waals surface area contributed by atoms with Crippen molar-refractivity contribution >= 4 is 0 Å². The second-order valence-electron chi connectivity index (χ2n) is 5.22. The van der Waals surface area contributed by atoms with Gasteiger partial charge in [0.2, 0.25) is 11.7 Å². The molecule has 1 saturated carbocycles. The second kappa shape index (κ2) is 6.74. The van der Waals surface area contributed by atoms with E-state index in [1.54, 1.807) is 0 Å². The van der Waals surface area contributed by atoms with Gasteiger partial charge in [0.25, 0.3) is 0 Å². The fourth-order valence-corrected chi connectivity index (χ4v) is 2.65. The van der Waals surface area contributed by atoms with Gasteiger partial charge in [-0.2, -0.15) is 18.2 Å². The molecule has 2 rings (SSSR count). The molecule has 0 atom stereocenters. The Hall–Kier alpha value is -1.15. The van der Waals surface area contributed by atoms with Crippen LogP contribution < -0.4 is 5.32 Å². The van der Waals surface area contributed by atoms with Crippen LogP contribution in [0.1, 0.15) is 50.7 Å². The number of alkyl halides is 3. The fourth-order valence-electron chi connectivity index (χ4n) is 2.65. The van der Waals surface area contributed by atoms with Gasteiger partial charge in [0.05, 0.1) is 13.1 Å². The van der Waals surface area contributed by atoms with Crippen LogP contribution in [-0.2, 0) is 16.9 Å². The molecular weight excluding hydrogens is 287 g/mol. The van der Waals surface area contributed by atoms with Gasteiger partial charge in [-0.05, 0) is 19.8 Å². The Labute approximate surface area is 121 Å². The van der Waals surface area contributed by atoms with Gasteiger partial charge in [0.1, 0.15) is 5.60 Å². The van der Waals surface area contributed by atoms with Crippen LogP contribution in [0.25, 0.3) is 0 Å². The zero-order chi connectivity index (χ0) is 15.3. The third kappa shape index (κ3) is 4.41. The Balaban J connectivity index is 1.99. The Morgan fingerprint density at radius 2 is 2.00 bits per heavy atom. The van der Waals surface area contributed by atoms with Gasteiger partial charge in [-0.1, -0.05) is 24.4 Å². The SMILES string of the molecule is CCOC1(c2noc(CNCC(F)(F)F)n2)CCCCC1. The molecule has 0 spiro atoms. The van der Waals surface area contributed by atoms with Gasteiger partial charge in [0, 0.05) is 6.61 Å². The summed E-state index contributed by atoms with van der Waals surface area (Å²) in [7, 11) is 0. The minimum absolute atomic E-state index is 0.102. The van der Waals surface area contributed by atoms with E-state index in [0.29, 0.717) is 12.4 Å². The molecule has 8 heteroatoms. The van der Waals surface area contributed by atoms with Crippen LogP contribution in [-0.4, -0.2) is 29.5 Å². The van der Waals surface area contributed by atoms with Crippen molar-refractivity contribution in [3.8, 4) is 0 Å². The highest BCUT2D eigenvalue weighted by atomic mass is 19.4. The molecule has 1 aliphatic carbocycles. The van der Waals surface area contributed by atoms with Crippen LogP contribution in [0.2, 0.25) is 0 Å². The van der Waals surface area contributed by atoms with Crippen molar-refractivity contribution in [2.75, 3.05) is 13.2 Å². The van der Waals surface area contributed by atoms with Gasteiger partial charge >= 0.3 is 6.18 Å². The average Bonchev–Trinajstić information content (AvgIpc) is 2.88. The van der Waals surface area contributed by atoms with Crippen LogP contribution in [0, 0.1) is 0 Å².